The van der Waals surface area contributed by atoms with Crippen molar-refractivity contribution in [1.29, 1.82) is 0 Å². The summed E-state index contributed by atoms with van der Waals surface area (Å²) < 4.78 is 25.0. The molecule has 0 aliphatic carbocycles. The largest absolute Gasteiger partial charge is 0.496 e. The normalized spacial score (nSPS) is 14.7. The molecular weight excluding hydrogens is 696 g/mol. The number of esters is 2. The Balaban J connectivity index is 1.65. The maximum atomic E-state index is 14.1. The van der Waals surface area contributed by atoms with Crippen molar-refractivity contribution in [3.05, 3.63) is 106 Å². The van der Waals surface area contributed by atoms with Crippen LogP contribution >= 0.6 is 38.9 Å². The second kappa shape index (κ2) is 14.2. The van der Waals surface area contributed by atoms with Gasteiger partial charge in [0.15, 0.2) is 4.80 Å². The van der Waals surface area contributed by atoms with Crippen LogP contribution in [0.25, 0.3) is 17.4 Å². The number of furan rings is 1. The van der Waals surface area contributed by atoms with Gasteiger partial charge in [0.05, 0.1) is 51.7 Å². The van der Waals surface area contributed by atoms with Crippen LogP contribution in [0.3, 0.4) is 0 Å². The van der Waals surface area contributed by atoms with E-state index in [1.165, 1.54) is 15.9 Å². The lowest BCUT2D eigenvalue weighted by Crippen LogP contribution is -2.40. The standard InChI is InChI=1S/C34H32BrClN2O7S/c1-6-8-25-29(33(41)43-7-2)30(19-9-13-27(42-5)24(35)15-19)38-31(39)28(46-34(38)37-25)17-21-11-14-26(45-21)23-16-20(36)10-12-22(23)32(40)44-18(3)4/h9-18,30H,6-8H2,1-5H3/b28-17+/t30-/m1/s1. The number of allylic oxidation sites excluding steroid dienone is 1. The topological polar surface area (TPSA) is 109 Å². The third-order valence-corrected chi connectivity index (χ3v) is 8.93. The van der Waals surface area contributed by atoms with E-state index in [0.29, 0.717) is 70.5 Å². The van der Waals surface area contributed by atoms with Crippen LogP contribution in [-0.4, -0.2) is 36.3 Å². The van der Waals surface area contributed by atoms with Gasteiger partial charge in [-0.25, -0.2) is 14.6 Å². The average molecular weight is 728 g/mol. The van der Waals surface area contributed by atoms with Gasteiger partial charge < -0.3 is 18.6 Å². The Bertz CT molecular complexity index is 2020. The van der Waals surface area contributed by atoms with Gasteiger partial charge in [0.2, 0.25) is 0 Å². The van der Waals surface area contributed by atoms with Crippen LogP contribution in [0.1, 0.15) is 68.3 Å². The number of halogens is 2. The molecule has 3 heterocycles. The van der Waals surface area contributed by atoms with Crippen molar-refractivity contribution >= 4 is 56.9 Å². The summed E-state index contributed by atoms with van der Waals surface area (Å²) in [4.78, 5) is 45.6. The smallest absolute Gasteiger partial charge is 0.339 e. The molecule has 0 spiro atoms. The number of methoxy groups -OCH3 is 1. The molecule has 5 rings (SSSR count). The molecule has 1 aliphatic rings. The van der Waals surface area contributed by atoms with Crippen molar-refractivity contribution in [2.45, 2.75) is 52.7 Å². The predicted octanol–water partition coefficient (Wildman–Crippen LogP) is 6.83. The molecule has 0 fully saturated rings. The van der Waals surface area contributed by atoms with Crippen LogP contribution in [0.5, 0.6) is 5.75 Å². The Morgan fingerprint density at radius 2 is 1.91 bits per heavy atom. The summed E-state index contributed by atoms with van der Waals surface area (Å²) in [5, 5.41) is 0.424. The Labute approximate surface area is 282 Å². The third-order valence-electron chi connectivity index (χ3n) is 7.09. The summed E-state index contributed by atoms with van der Waals surface area (Å²) >= 11 is 11.0. The quantitative estimate of drug-likeness (QED) is 0.165. The van der Waals surface area contributed by atoms with Crippen molar-refractivity contribution in [1.82, 2.24) is 4.57 Å². The fourth-order valence-electron chi connectivity index (χ4n) is 5.17. The fraction of sp³-hybridized carbons (Fsp3) is 0.294. The first kappa shape index (κ1) is 33.4. The Hall–Kier alpha value is -3.93. The summed E-state index contributed by atoms with van der Waals surface area (Å²) in [6, 6.07) is 12.9. The summed E-state index contributed by atoms with van der Waals surface area (Å²) in [6.45, 7) is 7.46. The number of carbonyl (C=O) groups excluding carboxylic acids is 2. The second-order valence-electron chi connectivity index (χ2n) is 10.7. The zero-order valence-electron chi connectivity index (χ0n) is 25.9. The molecule has 1 atom stereocenters. The first-order chi connectivity index (χ1) is 22.1. The molecule has 2 aromatic heterocycles. The zero-order chi connectivity index (χ0) is 33.1. The van der Waals surface area contributed by atoms with Crippen LogP contribution in [0.4, 0.5) is 0 Å². The van der Waals surface area contributed by atoms with Gasteiger partial charge in [0.1, 0.15) is 17.3 Å². The minimum Gasteiger partial charge on any atom is -0.496 e. The molecule has 0 saturated heterocycles. The Kier molecular flexibility index (Phi) is 10.3. The van der Waals surface area contributed by atoms with Gasteiger partial charge >= 0.3 is 11.9 Å². The number of nitrogens with zero attached hydrogens (tertiary/aromatic N) is 2. The van der Waals surface area contributed by atoms with Gasteiger partial charge in [-0.1, -0.05) is 42.3 Å². The molecule has 240 valence electrons. The molecule has 46 heavy (non-hydrogen) atoms. The molecule has 0 saturated carbocycles. The molecule has 2 aromatic carbocycles. The molecule has 0 N–H and O–H groups in total. The van der Waals surface area contributed by atoms with Crippen LogP contribution in [0.15, 0.2) is 78.5 Å². The molecule has 12 heteroatoms. The number of fused-ring (bicyclic) bond motifs is 1. The number of rotatable bonds is 10. The number of aromatic nitrogens is 1. The number of hydrogen-bond acceptors (Lipinski definition) is 9. The molecule has 0 amide bonds. The maximum Gasteiger partial charge on any atom is 0.339 e. The average Bonchev–Trinajstić information content (AvgIpc) is 3.60. The van der Waals surface area contributed by atoms with Gasteiger partial charge in [0, 0.05) is 16.7 Å². The van der Waals surface area contributed by atoms with E-state index < -0.39 is 18.0 Å². The van der Waals surface area contributed by atoms with Crippen LogP contribution in [0, 0.1) is 0 Å². The lowest BCUT2D eigenvalue weighted by Gasteiger charge is -2.26. The molecule has 1 aliphatic heterocycles. The van der Waals surface area contributed by atoms with E-state index in [4.69, 9.17) is 35.2 Å². The summed E-state index contributed by atoms with van der Waals surface area (Å²) in [5.74, 6) is 0.349. The van der Waals surface area contributed by atoms with E-state index in [-0.39, 0.29) is 18.3 Å². The number of hydrogen-bond donors (Lipinski definition) is 0. The SMILES string of the molecule is CCCC1=C(C(=O)OCC)[C@@H](c2ccc(OC)c(Br)c2)n2c(s/c(=C/c3ccc(-c4cc(Cl)ccc4C(=O)OC(C)C)o3)c2=O)=N1. The minimum absolute atomic E-state index is 0.176. The summed E-state index contributed by atoms with van der Waals surface area (Å²) in [7, 11) is 1.57. The van der Waals surface area contributed by atoms with Crippen LogP contribution < -0.4 is 19.6 Å². The van der Waals surface area contributed by atoms with Crippen molar-refractivity contribution in [2.75, 3.05) is 13.7 Å². The number of benzene rings is 2. The van der Waals surface area contributed by atoms with E-state index in [0.717, 1.165) is 6.42 Å². The highest BCUT2D eigenvalue weighted by molar-refractivity contribution is 9.10. The molecule has 0 bridgehead atoms. The van der Waals surface area contributed by atoms with Crippen molar-refractivity contribution in [3.8, 4) is 17.1 Å². The van der Waals surface area contributed by atoms with E-state index in [1.54, 1.807) is 70.4 Å². The van der Waals surface area contributed by atoms with Gasteiger partial charge in [-0.2, -0.15) is 0 Å². The molecule has 0 radical (unpaired) electrons. The minimum atomic E-state index is -0.783. The zero-order valence-corrected chi connectivity index (χ0v) is 29.0. The first-order valence-electron chi connectivity index (χ1n) is 14.7. The lowest BCUT2D eigenvalue weighted by atomic mass is 9.94. The third kappa shape index (κ3) is 6.77. The molecule has 9 nitrogen and oxygen atoms in total. The van der Waals surface area contributed by atoms with Gasteiger partial charge in [-0.15, -0.1) is 0 Å². The second-order valence-corrected chi connectivity index (χ2v) is 13.0. The summed E-state index contributed by atoms with van der Waals surface area (Å²) in [6.07, 6.45) is 2.58. The fourth-order valence-corrected chi connectivity index (χ4v) is 6.90. The Morgan fingerprint density at radius 3 is 2.59 bits per heavy atom. The summed E-state index contributed by atoms with van der Waals surface area (Å²) in [5.41, 5.74) is 2.01. The highest BCUT2D eigenvalue weighted by atomic mass is 79.9. The van der Waals surface area contributed by atoms with Gasteiger partial charge in [-0.3, -0.25) is 9.36 Å². The predicted molar refractivity (Wildman–Crippen MR) is 180 cm³/mol. The Morgan fingerprint density at radius 1 is 1.13 bits per heavy atom. The van der Waals surface area contributed by atoms with Crippen molar-refractivity contribution in [2.24, 2.45) is 4.99 Å². The number of thiazole rings is 1. The number of carbonyl (C=O) groups is 2. The van der Waals surface area contributed by atoms with E-state index in [1.807, 2.05) is 19.1 Å². The van der Waals surface area contributed by atoms with Crippen molar-refractivity contribution < 1.29 is 28.2 Å². The monoisotopic (exact) mass is 726 g/mol. The highest BCUT2D eigenvalue weighted by Gasteiger charge is 2.34. The van der Waals surface area contributed by atoms with E-state index >= 15 is 0 Å². The molecule has 0 unspecified atom stereocenters. The lowest BCUT2D eigenvalue weighted by molar-refractivity contribution is -0.139. The molecular formula is C34H32BrClN2O7S. The van der Waals surface area contributed by atoms with Gasteiger partial charge in [0.25, 0.3) is 5.56 Å². The molecule has 4 aromatic rings. The van der Waals surface area contributed by atoms with Crippen molar-refractivity contribution in [3.63, 3.8) is 0 Å². The maximum absolute atomic E-state index is 14.1. The highest BCUT2D eigenvalue weighted by Crippen LogP contribution is 2.36. The number of ether oxygens (including phenoxy) is 3. The van der Waals surface area contributed by atoms with E-state index in [2.05, 4.69) is 15.9 Å². The first-order valence-corrected chi connectivity index (χ1v) is 16.7. The van der Waals surface area contributed by atoms with Gasteiger partial charge in [-0.05, 0) is 91.1 Å². The van der Waals surface area contributed by atoms with Crippen LogP contribution in [-0.2, 0) is 14.3 Å². The van der Waals surface area contributed by atoms with Crippen LogP contribution in [0.2, 0.25) is 5.02 Å². The van der Waals surface area contributed by atoms with E-state index in [9.17, 15) is 14.4 Å².